The molecule has 24 heavy (non-hydrogen) atoms. The maximum absolute atomic E-state index is 11.4. The van der Waals surface area contributed by atoms with E-state index in [4.69, 9.17) is 5.73 Å². The molecule has 0 saturated carbocycles. The van der Waals surface area contributed by atoms with Crippen LogP contribution in [0.1, 0.15) is 40.4 Å². The Labute approximate surface area is 142 Å². The van der Waals surface area contributed by atoms with Gasteiger partial charge >= 0.3 is 5.97 Å². The van der Waals surface area contributed by atoms with E-state index in [0.717, 1.165) is 17.5 Å². The van der Waals surface area contributed by atoms with Crippen molar-refractivity contribution in [1.29, 1.82) is 0 Å². The predicted octanol–water partition coefficient (Wildman–Crippen LogP) is 3.33. The van der Waals surface area contributed by atoms with Crippen LogP contribution in [0, 0.1) is 0 Å². The summed E-state index contributed by atoms with van der Waals surface area (Å²) in [5.41, 5.74) is 8.43. The fraction of sp³-hybridized carbons (Fsp3) is 0.250. The van der Waals surface area contributed by atoms with Crippen molar-refractivity contribution in [3.8, 4) is 0 Å². The van der Waals surface area contributed by atoms with Gasteiger partial charge in [-0.05, 0) is 36.1 Å². The molecule has 2 aromatic carbocycles. The smallest absolute Gasteiger partial charge is 0.337 e. The number of nitrogens with two attached hydrogens (primary N) is 1. The molecule has 0 bridgehead atoms. The van der Waals surface area contributed by atoms with Crippen molar-refractivity contribution in [2.75, 3.05) is 7.11 Å². The lowest BCUT2D eigenvalue weighted by molar-refractivity contribution is 0.0600. The highest BCUT2D eigenvalue weighted by Gasteiger charge is 2.15. The second-order valence-corrected chi connectivity index (χ2v) is 5.61. The SMILES string of the molecule is COC(=O)c1ccc(/C=C/CC[C@@H](N)[C@H](O)c2ccccc2)cc1. The molecule has 0 unspecified atom stereocenters. The highest BCUT2D eigenvalue weighted by molar-refractivity contribution is 5.89. The van der Waals surface area contributed by atoms with Crippen molar-refractivity contribution in [3.63, 3.8) is 0 Å². The number of aliphatic hydroxyl groups excluding tert-OH is 1. The number of hydrogen-bond donors (Lipinski definition) is 2. The van der Waals surface area contributed by atoms with Crippen LogP contribution in [0.2, 0.25) is 0 Å². The number of carbonyl (C=O) groups is 1. The normalized spacial score (nSPS) is 13.6. The van der Waals surface area contributed by atoms with Crippen molar-refractivity contribution in [1.82, 2.24) is 0 Å². The number of ether oxygens (including phenoxy) is 1. The van der Waals surface area contributed by atoms with Gasteiger partial charge in [0.25, 0.3) is 0 Å². The van der Waals surface area contributed by atoms with Crippen molar-refractivity contribution in [3.05, 3.63) is 77.4 Å². The largest absolute Gasteiger partial charge is 0.465 e. The third-order valence-electron chi connectivity index (χ3n) is 3.86. The quantitative estimate of drug-likeness (QED) is 0.766. The summed E-state index contributed by atoms with van der Waals surface area (Å²) < 4.78 is 4.67. The van der Waals surface area contributed by atoms with Gasteiger partial charge in [-0.2, -0.15) is 0 Å². The number of hydrogen-bond acceptors (Lipinski definition) is 4. The van der Waals surface area contributed by atoms with Crippen LogP contribution in [0.3, 0.4) is 0 Å². The fourth-order valence-corrected chi connectivity index (χ4v) is 2.41. The fourth-order valence-electron chi connectivity index (χ4n) is 2.41. The molecule has 0 fully saturated rings. The lowest BCUT2D eigenvalue weighted by atomic mass is 9.99. The van der Waals surface area contributed by atoms with Crippen molar-refractivity contribution < 1.29 is 14.6 Å². The first kappa shape index (κ1) is 17.9. The zero-order valence-electron chi connectivity index (χ0n) is 13.8. The zero-order valence-corrected chi connectivity index (χ0v) is 13.8. The third-order valence-corrected chi connectivity index (χ3v) is 3.86. The van der Waals surface area contributed by atoms with Crippen LogP contribution < -0.4 is 5.73 Å². The average molecular weight is 325 g/mol. The van der Waals surface area contributed by atoms with E-state index in [-0.39, 0.29) is 12.0 Å². The monoisotopic (exact) mass is 325 g/mol. The van der Waals surface area contributed by atoms with E-state index < -0.39 is 6.10 Å². The summed E-state index contributed by atoms with van der Waals surface area (Å²) in [5.74, 6) is -0.341. The Morgan fingerprint density at radius 2 is 1.83 bits per heavy atom. The van der Waals surface area contributed by atoms with E-state index in [2.05, 4.69) is 4.74 Å². The first-order valence-electron chi connectivity index (χ1n) is 7.95. The Morgan fingerprint density at radius 1 is 1.17 bits per heavy atom. The molecule has 4 nitrogen and oxygen atoms in total. The molecule has 2 rings (SSSR count). The van der Waals surface area contributed by atoms with Gasteiger partial charge in [0.15, 0.2) is 0 Å². The molecule has 0 saturated heterocycles. The van der Waals surface area contributed by atoms with Crippen LogP contribution in [-0.2, 0) is 4.74 Å². The minimum absolute atomic E-state index is 0.307. The molecular formula is C20H23NO3. The summed E-state index contributed by atoms with van der Waals surface area (Å²) in [5, 5.41) is 10.2. The van der Waals surface area contributed by atoms with Gasteiger partial charge in [-0.3, -0.25) is 0 Å². The summed E-state index contributed by atoms with van der Waals surface area (Å²) in [4.78, 5) is 11.4. The first-order chi connectivity index (χ1) is 11.6. The van der Waals surface area contributed by atoms with Gasteiger partial charge in [0.1, 0.15) is 0 Å². The van der Waals surface area contributed by atoms with E-state index in [1.54, 1.807) is 12.1 Å². The number of methoxy groups -OCH3 is 1. The van der Waals surface area contributed by atoms with Crippen LogP contribution >= 0.6 is 0 Å². The number of esters is 1. The molecule has 0 amide bonds. The lowest BCUT2D eigenvalue weighted by Crippen LogP contribution is -2.28. The zero-order chi connectivity index (χ0) is 17.4. The highest BCUT2D eigenvalue weighted by Crippen LogP contribution is 2.18. The van der Waals surface area contributed by atoms with Crippen LogP contribution in [0.15, 0.2) is 60.7 Å². The predicted molar refractivity (Wildman–Crippen MR) is 95.4 cm³/mol. The number of rotatable bonds is 7. The molecule has 126 valence electrons. The van der Waals surface area contributed by atoms with Gasteiger partial charge in [0.2, 0.25) is 0 Å². The number of benzene rings is 2. The summed E-state index contributed by atoms with van der Waals surface area (Å²) >= 11 is 0. The molecule has 2 aromatic rings. The van der Waals surface area contributed by atoms with Crippen molar-refractivity contribution >= 4 is 12.0 Å². The van der Waals surface area contributed by atoms with Gasteiger partial charge in [-0.15, -0.1) is 0 Å². The molecule has 0 heterocycles. The Morgan fingerprint density at radius 3 is 2.46 bits per heavy atom. The molecule has 0 radical (unpaired) electrons. The summed E-state index contributed by atoms with van der Waals surface area (Å²) in [6.45, 7) is 0. The van der Waals surface area contributed by atoms with Crippen LogP contribution in [0.4, 0.5) is 0 Å². The molecule has 0 spiro atoms. The molecule has 4 heteroatoms. The summed E-state index contributed by atoms with van der Waals surface area (Å²) in [6.07, 6.45) is 4.79. The van der Waals surface area contributed by atoms with Gasteiger partial charge in [0.05, 0.1) is 18.8 Å². The molecule has 0 aliphatic carbocycles. The second kappa shape index (κ2) is 9.01. The molecule has 2 atom stereocenters. The molecule has 0 aromatic heterocycles. The molecular weight excluding hydrogens is 302 g/mol. The third kappa shape index (κ3) is 5.05. The first-order valence-corrected chi connectivity index (χ1v) is 7.95. The van der Waals surface area contributed by atoms with Gasteiger partial charge in [-0.25, -0.2) is 4.79 Å². The number of aliphatic hydroxyl groups is 1. The minimum Gasteiger partial charge on any atom is -0.465 e. The Bertz CT molecular complexity index is 665. The van der Waals surface area contributed by atoms with Crippen molar-refractivity contribution in [2.24, 2.45) is 5.73 Å². The van der Waals surface area contributed by atoms with Gasteiger partial charge in [-0.1, -0.05) is 54.6 Å². The van der Waals surface area contributed by atoms with Crippen LogP contribution in [0.25, 0.3) is 6.08 Å². The van der Waals surface area contributed by atoms with Gasteiger partial charge in [0, 0.05) is 6.04 Å². The Kier molecular flexibility index (Phi) is 6.73. The highest BCUT2D eigenvalue weighted by atomic mass is 16.5. The average Bonchev–Trinajstić information content (AvgIpc) is 2.65. The summed E-state index contributed by atoms with van der Waals surface area (Å²) in [6, 6.07) is 16.3. The standard InChI is InChI=1S/C20H23NO3/c1-24-20(23)17-13-11-15(12-14-17)7-5-6-10-18(21)19(22)16-8-3-2-4-9-16/h2-5,7-9,11-14,18-19,22H,6,10,21H2,1H3/b7-5+/t18-,19-/m1/s1. The van der Waals surface area contributed by atoms with Crippen LogP contribution in [-0.4, -0.2) is 24.2 Å². The van der Waals surface area contributed by atoms with E-state index >= 15 is 0 Å². The van der Waals surface area contributed by atoms with Crippen LogP contribution in [0.5, 0.6) is 0 Å². The number of allylic oxidation sites excluding steroid dienone is 1. The van der Waals surface area contributed by atoms with Crippen molar-refractivity contribution in [2.45, 2.75) is 25.0 Å². The lowest BCUT2D eigenvalue weighted by Gasteiger charge is -2.18. The maximum atomic E-state index is 11.4. The second-order valence-electron chi connectivity index (χ2n) is 5.61. The number of carbonyl (C=O) groups excluding carboxylic acids is 1. The maximum Gasteiger partial charge on any atom is 0.337 e. The van der Waals surface area contributed by atoms with E-state index in [1.165, 1.54) is 7.11 Å². The molecule has 3 N–H and O–H groups in total. The van der Waals surface area contributed by atoms with E-state index in [0.29, 0.717) is 12.0 Å². The Hall–Kier alpha value is -2.43. The van der Waals surface area contributed by atoms with E-state index in [9.17, 15) is 9.90 Å². The minimum atomic E-state index is -0.654. The summed E-state index contributed by atoms with van der Waals surface area (Å²) in [7, 11) is 1.36. The molecule has 0 aliphatic heterocycles. The van der Waals surface area contributed by atoms with Gasteiger partial charge < -0.3 is 15.6 Å². The van der Waals surface area contributed by atoms with E-state index in [1.807, 2.05) is 54.6 Å². The Balaban J connectivity index is 1.82. The topological polar surface area (TPSA) is 72.5 Å². The molecule has 0 aliphatic rings.